The van der Waals surface area contributed by atoms with E-state index in [1.165, 1.54) is 11.3 Å². The smallest absolute Gasteiger partial charge is 0.290 e. The van der Waals surface area contributed by atoms with Gasteiger partial charge in [0.05, 0.1) is 6.42 Å². The van der Waals surface area contributed by atoms with Gasteiger partial charge in [-0.2, -0.15) is 13.2 Å². The summed E-state index contributed by atoms with van der Waals surface area (Å²) in [5, 5.41) is 1.67. The lowest BCUT2D eigenvalue weighted by Crippen LogP contribution is -2.28. The maximum Gasteiger partial charge on any atom is 0.450 e. The van der Waals surface area contributed by atoms with Crippen molar-refractivity contribution in [3.8, 4) is 0 Å². The number of Topliss-reactive ketones (excluding diaryl/α,β-unsaturated/α-hetero) is 3. The fourth-order valence-electron chi connectivity index (χ4n) is 1.01. The van der Waals surface area contributed by atoms with Crippen molar-refractivity contribution in [1.29, 1.82) is 0 Å². The highest BCUT2D eigenvalue weighted by atomic mass is 32.1. The van der Waals surface area contributed by atoms with Crippen LogP contribution in [-0.2, 0) is 20.8 Å². The van der Waals surface area contributed by atoms with Crippen LogP contribution in [0.3, 0.4) is 0 Å². The summed E-state index contributed by atoms with van der Waals surface area (Å²) in [6, 6.07) is 3.24. The molecule has 0 saturated carbocycles. The minimum Gasteiger partial charge on any atom is -0.290 e. The molecule has 0 fully saturated rings. The molecule has 0 N–H and O–H groups in total. The topological polar surface area (TPSA) is 51.2 Å². The largest absolute Gasteiger partial charge is 0.450 e. The van der Waals surface area contributed by atoms with Gasteiger partial charge in [0.2, 0.25) is 17.3 Å². The summed E-state index contributed by atoms with van der Waals surface area (Å²) in [5.74, 6) is -4.48. The third kappa shape index (κ3) is 4.10. The number of rotatable bonds is 5. The standard InChI is InChI=1S/C10H7F3O3S/c11-10(12,13)9(16)5-8(15)7(14)4-6-2-1-3-17-6/h1-3H,4-5H2. The molecule has 3 nitrogen and oxygen atoms in total. The molecule has 0 atom stereocenters. The molecule has 0 radical (unpaired) electrons. The van der Waals surface area contributed by atoms with Gasteiger partial charge in [0.25, 0.3) is 0 Å². The number of ketones is 3. The third-order valence-corrected chi connectivity index (χ3v) is 2.74. The van der Waals surface area contributed by atoms with Crippen LogP contribution in [0.5, 0.6) is 0 Å². The molecular weight excluding hydrogens is 257 g/mol. The van der Waals surface area contributed by atoms with Crippen molar-refractivity contribution in [3.63, 3.8) is 0 Å². The van der Waals surface area contributed by atoms with Crippen LogP contribution < -0.4 is 0 Å². The monoisotopic (exact) mass is 264 g/mol. The molecular formula is C10H7F3O3S. The summed E-state index contributed by atoms with van der Waals surface area (Å²) in [4.78, 5) is 33.3. The fourth-order valence-corrected chi connectivity index (χ4v) is 1.72. The second-order valence-electron chi connectivity index (χ2n) is 3.20. The van der Waals surface area contributed by atoms with Crippen molar-refractivity contribution < 1.29 is 27.6 Å². The van der Waals surface area contributed by atoms with Gasteiger partial charge in [0.15, 0.2) is 0 Å². The Morgan fingerprint density at radius 1 is 1.18 bits per heavy atom. The second kappa shape index (κ2) is 5.22. The Hall–Kier alpha value is -1.50. The Balaban J connectivity index is 2.54. The van der Waals surface area contributed by atoms with Gasteiger partial charge < -0.3 is 0 Å². The van der Waals surface area contributed by atoms with E-state index in [-0.39, 0.29) is 6.42 Å². The predicted molar refractivity (Wildman–Crippen MR) is 53.7 cm³/mol. The number of halogens is 3. The van der Waals surface area contributed by atoms with Gasteiger partial charge in [0.1, 0.15) is 0 Å². The van der Waals surface area contributed by atoms with Gasteiger partial charge in [-0.15, -0.1) is 11.3 Å². The lowest BCUT2D eigenvalue weighted by molar-refractivity contribution is -0.172. The SMILES string of the molecule is O=C(CC(=O)C(F)(F)F)C(=O)Cc1cccs1. The zero-order valence-electron chi connectivity index (χ0n) is 8.41. The second-order valence-corrected chi connectivity index (χ2v) is 4.23. The molecule has 0 spiro atoms. The number of carbonyl (C=O) groups excluding carboxylic acids is 3. The first kappa shape index (κ1) is 13.6. The molecule has 0 aliphatic carbocycles. The summed E-state index contributed by atoms with van der Waals surface area (Å²) in [7, 11) is 0. The first-order chi connectivity index (χ1) is 7.80. The van der Waals surface area contributed by atoms with Gasteiger partial charge in [0, 0.05) is 11.3 Å². The first-order valence-electron chi connectivity index (χ1n) is 4.49. The number of carbonyl (C=O) groups is 3. The van der Waals surface area contributed by atoms with Crippen molar-refractivity contribution in [2.75, 3.05) is 0 Å². The van der Waals surface area contributed by atoms with Crippen molar-refractivity contribution in [2.45, 2.75) is 19.0 Å². The maximum atomic E-state index is 11.8. The van der Waals surface area contributed by atoms with Gasteiger partial charge in [-0.05, 0) is 11.4 Å². The van der Waals surface area contributed by atoms with Crippen molar-refractivity contribution in [3.05, 3.63) is 22.4 Å². The molecule has 92 valence electrons. The maximum absolute atomic E-state index is 11.8. The molecule has 1 aromatic rings. The Morgan fingerprint density at radius 3 is 2.29 bits per heavy atom. The summed E-state index contributed by atoms with van der Waals surface area (Å²) in [6.45, 7) is 0. The minimum absolute atomic E-state index is 0.262. The average molecular weight is 264 g/mol. The molecule has 0 amide bonds. The van der Waals surface area contributed by atoms with Crippen LogP contribution in [0.25, 0.3) is 0 Å². The Labute approximate surface area is 98.2 Å². The number of hydrogen-bond donors (Lipinski definition) is 0. The highest BCUT2D eigenvalue weighted by Gasteiger charge is 2.40. The number of alkyl halides is 3. The molecule has 0 aliphatic rings. The van der Waals surface area contributed by atoms with Gasteiger partial charge in [-0.3, -0.25) is 14.4 Å². The van der Waals surface area contributed by atoms with Gasteiger partial charge in [-0.25, -0.2) is 0 Å². The molecule has 1 rings (SSSR count). The quantitative estimate of drug-likeness (QED) is 0.603. The fraction of sp³-hybridized carbons (Fsp3) is 0.300. The van der Waals surface area contributed by atoms with E-state index >= 15 is 0 Å². The van der Waals surface area contributed by atoms with Crippen molar-refractivity contribution >= 4 is 28.7 Å². The Morgan fingerprint density at radius 2 is 1.82 bits per heavy atom. The van der Waals surface area contributed by atoms with Gasteiger partial charge in [-0.1, -0.05) is 6.07 Å². The molecule has 17 heavy (non-hydrogen) atoms. The Kier molecular flexibility index (Phi) is 4.17. The number of thiophene rings is 1. The van der Waals surface area contributed by atoms with Crippen LogP contribution in [0.2, 0.25) is 0 Å². The van der Waals surface area contributed by atoms with E-state index in [2.05, 4.69) is 0 Å². The van der Waals surface area contributed by atoms with E-state index in [1.807, 2.05) is 0 Å². The minimum atomic E-state index is -5.07. The number of hydrogen-bond acceptors (Lipinski definition) is 4. The summed E-state index contributed by atoms with van der Waals surface area (Å²) < 4.78 is 35.5. The van der Waals surface area contributed by atoms with E-state index in [0.29, 0.717) is 4.88 Å². The van der Waals surface area contributed by atoms with Crippen LogP contribution in [0, 0.1) is 0 Å². The van der Waals surface area contributed by atoms with E-state index in [9.17, 15) is 27.6 Å². The zero-order chi connectivity index (χ0) is 13.1. The molecule has 1 heterocycles. The van der Waals surface area contributed by atoms with Crippen LogP contribution in [0.1, 0.15) is 11.3 Å². The van der Waals surface area contributed by atoms with E-state index < -0.39 is 29.9 Å². The van der Waals surface area contributed by atoms with Crippen molar-refractivity contribution in [2.24, 2.45) is 0 Å². The molecule has 0 aromatic carbocycles. The Bertz CT molecular complexity index is 434. The first-order valence-corrected chi connectivity index (χ1v) is 5.37. The van der Waals surface area contributed by atoms with Crippen LogP contribution in [0.4, 0.5) is 13.2 Å². The summed E-state index contributed by atoms with van der Waals surface area (Å²) in [5.41, 5.74) is 0. The predicted octanol–water partition coefficient (Wildman–Crippen LogP) is 1.95. The van der Waals surface area contributed by atoms with Crippen LogP contribution >= 0.6 is 11.3 Å². The van der Waals surface area contributed by atoms with Gasteiger partial charge >= 0.3 is 6.18 Å². The lowest BCUT2D eigenvalue weighted by atomic mass is 10.1. The third-order valence-electron chi connectivity index (χ3n) is 1.86. The average Bonchev–Trinajstić information content (AvgIpc) is 2.68. The highest BCUT2D eigenvalue weighted by molar-refractivity contribution is 7.10. The highest BCUT2D eigenvalue weighted by Crippen LogP contribution is 2.18. The van der Waals surface area contributed by atoms with Crippen molar-refractivity contribution in [1.82, 2.24) is 0 Å². The lowest BCUT2D eigenvalue weighted by Gasteiger charge is -2.03. The molecule has 0 bridgehead atoms. The van der Waals surface area contributed by atoms with E-state index in [1.54, 1.807) is 17.5 Å². The summed E-state index contributed by atoms with van der Waals surface area (Å²) in [6.07, 6.45) is -6.74. The summed E-state index contributed by atoms with van der Waals surface area (Å²) >= 11 is 1.21. The molecule has 1 aromatic heterocycles. The van der Waals surface area contributed by atoms with E-state index in [0.717, 1.165) is 0 Å². The molecule has 7 heteroatoms. The van der Waals surface area contributed by atoms with Crippen LogP contribution in [0.15, 0.2) is 17.5 Å². The molecule has 0 saturated heterocycles. The molecule has 0 unspecified atom stereocenters. The van der Waals surface area contributed by atoms with Crippen LogP contribution in [-0.4, -0.2) is 23.5 Å². The zero-order valence-corrected chi connectivity index (χ0v) is 9.23. The molecule has 0 aliphatic heterocycles. The van der Waals surface area contributed by atoms with E-state index in [4.69, 9.17) is 0 Å². The normalized spacial score (nSPS) is 11.2.